The molecule has 2 rings (SSSR count). The van der Waals surface area contributed by atoms with E-state index in [0.29, 0.717) is 24.3 Å². The van der Waals surface area contributed by atoms with E-state index in [1.165, 1.54) is 0 Å². The summed E-state index contributed by atoms with van der Waals surface area (Å²) in [6.07, 6.45) is 1.56. The number of carbonyl (C=O) groups is 1. The molecule has 0 aliphatic carbocycles. The molecule has 2 N–H and O–H groups in total. The molecule has 0 aromatic heterocycles. The van der Waals surface area contributed by atoms with Crippen molar-refractivity contribution in [2.24, 2.45) is 0 Å². The van der Waals surface area contributed by atoms with Crippen LogP contribution in [0.1, 0.15) is 35.7 Å². The fourth-order valence-corrected chi connectivity index (χ4v) is 4.22. The van der Waals surface area contributed by atoms with Crippen LogP contribution < -0.4 is 10.6 Å². The molecule has 5 nitrogen and oxygen atoms in total. The number of hydrogen-bond donors (Lipinski definition) is 2. The number of carbonyl (C=O) groups excluding carboxylic acids is 1. The molecule has 1 saturated heterocycles. The van der Waals surface area contributed by atoms with Crippen molar-refractivity contribution in [3.8, 4) is 0 Å². The summed E-state index contributed by atoms with van der Waals surface area (Å²) in [4.78, 5) is 11.8. The lowest BCUT2D eigenvalue weighted by atomic mass is 10.1. The number of amides is 1. The van der Waals surface area contributed by atoms with Gasteiger partial charge in [-0.25, -0.2) is 8.42 Å². The van der Waals surface area contributed by atoms with Gasteiger partial charge in [-0.2, -0.15) is 0 Å². The molecule has 1 fully saturated rings. The van der Waals surface area contributed by atoms with Crippen LogP contribution in [0, 0.1) is 6.92 Å². The first kappa shape index (κ1) is 15.8. The minimum atomic E-state index is -2.92. The fraction of sp³-hybridized carbons (Fsp3) is 0.533. The smallest absolute Gasteiger partial charge is 0.251 e. The third kappa shape index (κ3) is 4.20. The van der Waals surface area contributed by atoms with E-state index < -0.39 is 9.84 Å². The third-order valence-corrected chi connectivity index (χ3v) is 5.47. The molecule has 6 heteroatoms. The van der Waals surface area contributed by atoms with Crippen LogP contribution in [0.4, 0.5) is 5.69 Å². The molecule has 1 atom stereocenters. The van der Waals surface area contributed by atoms with E-state index in [9.17, 15) is 13.2 Å². The van der Waals surface area contributed by atoms with Gasteiger partial charge in [0.1, 0.15) is 0 Å². The minimum Gasteiger partial charge on any atom is -0.381 e. The monoisotopic (exact) mass is 310 g/mol. The average Bonchev–Trinajstić information content (AvgIpc) is 2.40. The zero-order valence-corrected chi connectivity index (χ0v) is 13.3. The molecule has 1 aromatic carbocycles. The van der Waals surface area contributed by atoms with Crippen molar-refractivity contribution in [1.29, 1.82) is 0 Å². The molecule has 116 valence electrons. The van der Waals surface area contributed by atoms with Gasteiger partial charge in [0.25, 0.3) is 5.91 Å². The number of benzene rings is 1. The molecule has 1 unspecified atom stereocenters. The maximum absolute atomic E-state index is 11.8. The molecule has 0 radical (unpaired) electrons. The standard InChI is InChI=1S/C15H22N2O3S/c1-3-16-15(18)12-6-7-14(11(2)9-12)17-13-5-4-8-21(19,20)10-13/h6-7,9,13,17H,3-5,8,10H2,1-2H3,(H,16,18). The van der Waals surface area contributed by atoms with Crippen LogP contribution in [0.5, 0.6) is 0 Å². The SMILES string of the molecule is CCNC(=O)c1ccc(NC2CCCS(=O)(=O)C2)c(C)c1. The molecule has 1 aromatic rings. The molecular formula is C15H22N2O3S. The van der Waals surface area contributed by atoms with E-state index in [1.54, 1.807) is 6.07 Å². The predicted molar refractivity (Wildman–Crippen MR) is 84.5 cm³/mol. The minimum absolute atomic E-state index is 0.0437. The van der Waals surface area contributed by atoms with Crippen molar-refractivity contribution in [2.45, 2.75) is 32.7 Å². The van der Waals surface area contributed by atoms with Gasteiger partial charge >= 0.3 is 0 Å². The van der Waals surface area contributed by atoms with Crippen molar-refractivity contribution in [1.82, 2.24) is 5.32 Å². The van der Waals surface area contributed by atoms with Crippen molar-refractivity contribution in [3.05, 3.63) is 29.3 Å². The first-order valence-electron chi connectivity index (χ1n) is 7.27. The normalized spacial score (nSPS) is 20.8. The van der Waals surface area contributed by atoms with E-state index in [1.807, 2.05) is 26.0 Å². The summed E-state index contributed by atoms with van der Waals surface area (Å²) in [6, 6.07) is 5.39. The Labute approximate surface area is 126 Å². The highest BCUT2D eigenvalue weighted by atomic mass is 32.2. The zero-order chi connectivity index (χ0) is 15.5. The summed E-state index contributed by atoms with van der Waals surface area (Å²) in [6.45, 7) is 4.39. The second kappa shape index (κ2) is 6.47. The Morgan fingerprint density at radius 2 is 2.14 bits per heavy atom. The second-order valence-electron chi connectivity index (χ2n) is 5.49. The van der Waals surface area contributed by atoms with Crippen molar-refractivity contribution < 1.29 is 13.2 Å². The van der Waals surface area contributed by atoms with E-state index >= 15 is 0 Å². The second-order valence-corrected chi connectivity index (χ2v) is 7.72. The van der Waals surface area contributed by atoms with Crippen molar-refractivity contribution >= 4 is 21.4 Å². The Balaban J connectivity index is 2.09. The van der Waals surface area contributed by atoms with Crippen LogP contribution in [-0.2, 0) is 9.84 Å². The van der Waals surface area contributed by atoms with Gasteiger partial charge in [-0.15, -0.1) is 0 Å². The van der Waals surface area contributed by atoms with E-state index in [2.05, 4.69) is 10.6 Å². The highest BCUT2D eigenvalue weighted by Gasteiger charge is 2.24. The maximum Gasteiger partial charge on any atom is 0.251 e. The van der Waals surface area contributed by atoms with Crippen molar-refractivity contribution in [3.63, 3.8) is 0 Å². The zero-order valence-electron chi connectivity index (χ0n) is 12.5. The number of nitrogens with one attached hydrogen (secondary N) is 2. The quantitative estimate of drug-likeness (QED) is 0.888. The van der Waals surface area contributed by atoms with Gasteiger partial charge in [0.2, 0.25) is 0 Å². The first-order chi connectivity index (χ1) is 9.91. The first-order valence-corrected chi connectivity index (χ1v) is 9.09. The molecule has 0 bridgehead atoms. The molecule has 1 aliphatic rings. The van der Waals surface area contributed by atoms with Gasteiger partial charge in [-0.3, -0.25) is 4.79 Å². The molecule has 1 aliphatic heterocycles. The van der Waals surface area contributed by atoms with Crippen LogP contribution in [0.2, 0.25) is 0 Å². The summed E-state index contributed by atoms with van der Waals surface area (Å²) in [5, 5.41) is 6.05. The lowest BCUT2D eigenvalue weighted by Gasteiger charge is -2.25. The van der Waals surface area contributed by atoms with Gasteiger partial charge in [-0.1, -0.05) is 0 Å². The van der Waals surface area contributed by atoms with Gasteiger partial charge in [0.05, 0.1) is 11.5 Å². The summed E-state index contributed by atoms with van der Waals surface area (Å²) in [7, 11) is -2.92. The molecule has 21 heavy (non-hydrogen) atoms. The van der Waals surface area contributed by atoms with Gasteiger partial charge < -0.3 is 10.6 Å². The van der Waals surface area contributed by atoms with E-state index in [4.69, 9.17) is 0 Å². The fourth-order valence-electron chi connectivity index (χ4n) is 2.59. The predicted octanol–water partition coefficient (Wildman–Crippen LogP) is 1.73. The number of aryl methyl sites for hydroxylation is 1. The Morgan fingerprint density at radius 3 is 2.76 bits per heavy atom. The van der Waals surface area contributed by atoms with Crippen LogP contribution in [0.25, 0.3) is 0 Å². The number of sulfone groups is 1. The topological polar surface area (TPSA) is 75.3 Å². The van der Waals surface area contributed by atoms with Gasteiger partial charge in [-0.05, 0) is 50.5 Å². The molecule has 1 heterocycles. The Hall–Kier alpha value is -1.56. The lowest BCUT2D eigenvalue weighted by Crippen LogP contribution is -2.35. The van der Waals surface area contributed by atoms with E-state index in [-0.39, 0.29) is 17.7 Å². The maximum atomic E-state index is 11.8. The molecule has 0 spiro atoms. The van der Waals surface area contributed by atoms with Gasteiger partial charge in [0.15, 0.2) is 9.84 Å². The Bertz CT molecular complexity index is 626. The lowest BCUT2D eigenvalue weighted by molar-refractivity contribution is 0.0955. The van der Waals surface area contributed by atoms with Crippen LogP contribution in [0.15, 0.2) is 18.2 Å². The number of anilines is 1. The Morgan fingerprint density at radius 1 is 1.38 bits per heavy atom. The summed E-state index contributed by atoms with van der Waals surface area (Å²) in [5.41, 5.74) is 2.46. The summed E-state index contributed by atoms with van der Waals surface area (Å²) < 4.78 is 23.3. The Kier molecular flexibility index (Phi) is 4.88. The molecule has 1 amide bonds. The van der Waals surface area contributed by atoms with E-state index in [0.717, 1.165) is 17.7 Å². The average molecular weight is 310 g/mol. The van der Waals surface area contributed by atoms with Crippen LogP contribution in [0.3, 0.4) is 0 Å². The highest BCUT2D eigenvalue weighted by Crippen LogP contribution is 2.21. The number of hydrogen-bond acceptors (Lipinski definition) is 4. The van der Waals surface area contributed by atoms with Crippen molar-refractivity contribution in [2.75, 3.05) is 23.4 Å². The van der Waals surface area contributed by atoms with Gasteiger partial charge in [0, 0.05) is 23.8 Å². The summed E-state index contributed by atoms with van der Waals surface area (Å²) >= 11 is 0. The third-order valence-electron chi connectivity index (χ3n) is 3.65. The molecule has 0 saturated carbocycles. The molecular weight excluding hydrogens is 288 g/mol. The number of rotatable bonds is 4. The van der Waals surface area contributed by atoms with Crippen LogP contribution in [-0.4, -0.2) is 38.4 Å². The summed E-state index contributed by atoms with van der Waals surface area (Å²) in [5.74, 6) is 0.387. The highest BCUT2D eigenvalue weighted by molar-refractivity contribution is 7.91. The largest absolute Gasteiger partial charge is 0.381 e. The van der Waals surface area contributed by atoms with Crippen LogP contribution >= 0.6 is 0 Å².